The van der Waals surface area contributed by atoms with Gasteiger partial charge in [0.2, 0.25) is 0 Å². The fourth-order valence-electron chi connectivity index (χ4n) is 7.56. The van der Waals surface area contributed by atoms with Crippen molar-refractivity contribution < 1.29 is 66.5 Å². The monoisotopic (exact) mass is 915 g/mol. The predicted molar refractivity (Wildman–Crippen MR) is 237 cm³/mol. The van der Waals surface area contributed by atoms with E-state index in [1.165, 1.54) is 50.4 Å². The van der Waals surface area contributed by atoms with Crippen molar-refractivity contribution >= 4 is 23.9 Å². The molecule has 17 nitrogen and oxygen atoms in total. The molecule has 0 saturated carbocycles. The summed E-state index contributed by atoms with van der Waals surface area (Å²) in [5, 5.41) is 4.10. The number of hydrogen-bond acceptors (Lipinski definition) is 15. The molecule has 5 aromatic rings. The van der Waals surface area contributed by atoms with Crippen molar-refractivity contribution in [1.29, 1.82) is 0 Å². The van der Waals surface area contributed by atoms with E-state index in [0.717, 1.165) is 11.1 Å². The minimum absolute atomic E-state index is 0.0531. The molecular formula is C50H49N3O14. The molecule has 7 rings (SSSR count). The Balaban J connectivity index is 1.24. The predicted octanol–water partition coefficient (Wildman–Crippen LogP) is 7.19. The van der Waals surface area contributed by atoms with E-state index in [1.807, 2.05) is 60.7 Å². The fourth-order valence-corrected chi connectivity index (χ4v) is 7.56. The Morgan fingerprint density at radius 3 is 1.40 bits per heavy atom. The van der Waals surface area contributed by atoms with Crippen LogP contribution in [0, 0.1) is 0 Å². The van der Waals surface area contributed by atoms with Crippen molar-refractivity contribution in [3.05, 3.63) is 190 Å². The number of nitrogens with zero attached hydrogens (tertiary/aromatic N) is 3. The van der Waals surface area contributed by atoms with E-state index in [1.54, 1.807) is 54.6 Å². The van der Waals surface area contributed by atoms with Gasteiger partial charge in [0.05, 0.1) is 36.5 Å². The Morgan fingerprint density at radius 2 is 0.940 bits per heavy atom. The molecule has 0 spiro atoms. The lowest BCUT2D eigenvalue weighted by molar-refractivity contribution is -0.317. The maximum Gasteiger partial charge on any atom is 0.338 e. The molecule has 2 aliphatic heterocycles. The third kappa shape index (κ3) is 12.9. The van der Waals surface area contributed by atoms with Gasteiger partial charge in [-0.15, -0.1) is 0 Å². The van der Waals surface area contributed by atoms with Crippen LogP contribution in [0.25, 0.3) is 10.4 Å². The first-order valence-electron chi connectivity index (χ1n) is 21.4. The normalized spacial score (nSPS) is 24.6. The van der Waals surface area contributed by atoms with E-state index in [9.17, 15) is 24.7 Å². The van der Waals surface area contributed by atoms with Gasteiger partial charge in [0, 0.05) is 18.9 Å². The van der Waals surface area contributed by atoms with Crippen LogP contribution in [-0.4, -0.2) is 106 Å². The first-order chi connectivity index (χ1) is 32.7. The van der Waals surface area contributed by atoms with Crippen LogP contribution in [-0.2, 0) is 65.4 Å². The lowest BCUT2D eigenvalue weighted by atomic mass is 9.96. The number of benzene rings is 5. The number of rotatable bonds is 19. The van der Waals surface area contributed by atoms with E-state index in [4.69, 9.17) is 47.4 Å². The zero-order chi connectivity index (χ0) is 47.0. The Bertz CT molecular complexity index is 2410. The smallest absolute Gasteiger partial charge is 0.338 e. The SMILES string of the molecule is CO[C@H]1O[C@H](CO[C@H]2O[C@H](COC(C)=O)[C@H](OCc3ccccc3)[C@H](OCc3ccccc3)[C@H]2N=[N+]=[N-])[C@@H](OC(=O)c2ccccc2)[C@H](OC(=O)c2ccccc2)[C@H]1OC(=O)c1ccccc1. The van der Waals surface area contributed by atoms with Crippen LogP contribution in [0.1, 0.15) is 49.1 Å². The number of carbonyl (C=O) groups is 4. The van der Waals surface area contributed by atoms with Crippen LogP contribution in [0.3, 0.4) is 0 Å². The zero-order valence-electron chi connectivity index (χ0n) is 36.6. The van der Waals surface area contributed by atoms with Crippen LogP contribution in [0.2, 0.25) is 0 Å². The van der Waals surface area contributed by atoms with Crippen molar-refractivity contribution in [2.75, 3.05) is 20.3 Å². The van der Waals surface area contributed by atoms with Crippen molar-refractivity contribution in [1.82, 2.24) is 0 Å². The molecule has 2 fully saturated rings. The van der Waals surface area contributed by atoms with Crippen molar-refractivity contribution in [2.24, 2.45) is 5.11 Å². The van der Waals surface area contributed by atoms with Gasteiger partial charge in [-0.25, -0.2) is 14.4 Å². The average Bonchev–Trinajstić information content (AvgIpc) is 3.37. The van der Waals surface area contributed by atoms with Gasteiger partial charge in [-0.05, 0) is 53.1 Å². The molecule has 2 aliphatic rings. The second kappa shape index (κ2) is 24.0. The van der Waals surface area contributed by atoms with Crippen LogP contribution >= 0.6 is 0 Å². The summed E-state index contributed by atoms with van der Waals surface area (Å²) in [5.74, 6) is -3.07. The minimum atomic E-state index is -1.57. The Labute approximate surface area is 386 Å². The quantitative estimate of drug-likeness (QED) is 0.0264. The molecule has 0 N–H and O–H groups in total. The van der Waals surface area contributed by atoms with Crippen molar-refractivity contribution in [3.63, 3.8) is 0 Å². The largest absolute Gasteiger partial charge is 0.463 e. The van der Waals surface area contributed by atoms with Gasteiger partial charge in [-0.3, -0.25) is 4.79 Å². The standard InChI is InChI=1S/C50H49N3O14/c1-32(54)59-30-38-41(60-28-33-18-8-3-9-19-33)43(61-29-34-20-10-4-11-21-34)40(52-53-51)49(63-38)62-31-39-42(65-46(55)35-22-12-5-13-23-35)44(66-47(56)36-24-14-6-15-25-36)45(50(58-2)64-39)67-48(57)37-26-16-7-17-27-37/h3-27,38-45,49-50H,28-31H2,1-2H3/t38-,39-,40-,41+,42-,43-,44+,45-,49+,50+/m1/s1. The number of hydrogen-bond donors (Lipinski definition) is 0. The van der Waals surface area contributed by atoms with E-state index < -0.39 is 91.8 Å². The van der Waals surface area contributed by atoms with Gasteiger partial charge in [0.25, 0.3) is 0 Å². The highest BCUT2D eigenvalue weighted by molar-refractivity contribution is 5.91. The third-order valence-corrected chi connectivity index (χ3v) is 10.8. The van der Waals surface area contributed by atoms with E-state index >= 15 is 0 Å². The minimum Gasteiger partial charge on any atom is -0.463 e. The summed E-state index contributed by atoms with van der Waals surface area (Å²) in [5.41, 5.74) is 12.1. The number of esters is 4. The van der Waals surface area contributed by atoms with E-state index in [2.05, 4.69) is 10.0 Å². The molecule has 67 heavy (non-hydrogen) atoms. The lowest BCUT2D eigenvalue weighted by Gasteiger charge is -2.46. The Kier molecular flexibility index (Phi) is 17.2. The average molecular weight is 916 g/mol. The van der Waals surface area contributed by atoms with Gasteiger partial charge in [0.15, 0.2) is 30.9 Å². The second-order valence-electron chi connectivity index (χ2n) is 15.4. The Hall–Kier alpha value is -6.95. The van der Waals surface area contributed by atoms with E-state index in [-0.39, 0.29) is 36.5 Å². The second-order valence-corrected chi connectivity index (χ2v) is 15.4. The van der Waals surface area contributed by atoms with Gasteiger partial charge >= 0.3 is 23.9 Å². The molecule has 5 aromatic carbocycles. The molecule has 2 heterocycles. The van der Waals surface area contributed by atoms with Crippen LogP contribution in [0.15, 0.2) is 157 Å². The van der Waals surface area contributed by atoms with Crippen molar-refractivity contribution in [3.8, 4) is 0 Å². The molecular weight excluding hydrogens is 867 g/mol. The van der Waals surface area contributed by atoms with Crippen molar-refractivity contribution in [2.45, 2.75) is 81.5 Å². The lowest BCUT2D eigenvalue weighted by Crippen LogP contribution is -2.64. The highest BCUT2D eigenvalue weighted by Gasteiger charge is 2.54. The van der Waals surface area contributed by atoms with Crippen LogP contribution in [0.4, 0.5) is 0 Å². The number of ether oxygens (including phenoxy) is 10. The molecule has 17 heteroatoms. The molecule has 0 aliphatic carbocycles. The maximum absolute atomic E-state index is 14.0. The summed E-state index contributed by atoms with van der Waals surface area (Å²) in [6, 6.07) is 41.6. The molecule has 10 atom stereocenters. The summed E-state index contributed by atoms with van der Waals surface area (Å²) in [6.07, 6.45) is -12.0. The number of carbonyl (C=O) groups excluding carboxylic acids is 4. The van der Waals surface area contributed by atoms with Gasteiger partial charge < -0.3 is 47.4 Å². The topological polar surface area (TPSA) is 209 Å². The van der Waals surface area contributed by atoms with E-state index in [0.29, 0.717) is 0 Å². The van der Waals surface area contributed by atoms with Gasteiger partial charge in [-0.1, -0.05) is 120 Å². The Morgan fingerprint density at radius 1 is 0.522 bits per heavy atom. The summed E-state index contributed by atoms with van der Waals surface area (Å²) in [7, 11) is 1.30. The molecule has 0 aromatic heterocycles. The summed E-state index contributed by atoms with van der Waals surface area (Å²) < 4.78 is 61.8. The number of azide groups is 1. The molecule has 0 amide bonds. The van der Waals surface area contributed by atoms with Gasteiger partial charge in [0.1, 0.15) is 37.1 Å². The molecule has 0 radical (unpaired) electrons. The summed E-state index contributed by atoms with van der Waals surface area (Å²) in [4.78, 5) is 56.9. The molecule has 0 unspecified atom stereocenters. The highest BCUT2D eigenvalue weighted by Crippen LogP contribution is 2.35. The molecule has 0 bridgehead atoms. The zero-order valence-corrected chi connectivity index (χ0v) is 36.6. The van der Waals surface area contributed by atoms with Crippen LogP contribution < -0.4 is 0 Å². The summed E-state index contributed by atoms with van der Waals surface area (Å²) >= 11 is 0. The first kappa shape index (κ1) is 48.0. The molecule has 348 valence electrons. The maximum atomic E-state index is 14.0. The highest BCUT2D eigenvalue weighted by atomic mass is 16.7. The van der Waals surface area contributed by atoms with Crippen LogP contribution in [0.5, 0.6) is 0 Å². The summed E-state index contributed by atoms with van der Waals surface area (Å²) in [6.45, 7) is 0.578. The molecule has 2 saturated heterocycles. The van der Waals surface area contributed by atoms with Gasteiger partial charge in [-0.2, -0.15) is 0 Å². The first-order valence-corrected chi connectivity index (χ1v) is 21.4. The fraction of sp³-hybridized carbons (Fsp3) is 0.320. The number of methoxy groups -OCH3 is 1. The third-order valence-electron chi connectivity index (χ3n) is 10.8.